The van der Waals surface area contributed by atoms with E-state index in [0.29, 0.717) is 12.1 Å². The molecule has 1 heterocycles. The summed E-state index contributed by atoms with van der Waals surface area (Å²) in [6.07, 6.45) is -9.48. The monoisotopic (exact) mass is 268 g/mol. The van der Waals surface area contributed by atoms with E-state index in [0.717, 1.165) is 0 Å². The molecule has 0 atom stereocenters. The molecule has 0 amide bonds. The highest BCUT2D eigenvalue weighted by Gasteiger charge is 2.39. The first-order valence-electron chi connectivity index (χ1n) is 4.74. The highest BCUT2D eigenvalue weighted by molar-refractivity contribution is 5.83. The summed E-state index contributed by atoms with van der Waals surface area (Å²) < 4.78 is 75.7. The molecular formula is C10H6F6N2. The van der Waals surface area contributed by atoms with Gasteiger partial charge in [-0.05, 0) is 19.1 Å². The van der Waals surface area contributed by atoms with Gasteiger partial charge in [0.25, 0.3) is 0 Å². The highest BCUT2D eigenvalue weighted by Crippen LogP contribution is 2.39. The molecule has 1 N–H and O–H groups in total. The molecule has 98 valence electrons. The van der Waals surface area contributed by atoms with Crippen LogP contribution in [0.15, 0.2) is 12.1 Å². The first-order valence-corrected chi connectivity index (χ1v) is 4.74. The van der Waals surface area contributed by atoms with Gasteiger partial charge in [-0.25, -0.2) is 4.98 Å². The van der Waals surface area contributed by atoms with Crippen molar-refractivity contribution in [1.82, 2.24) is 9.97 Å². The van der Waals surface area contributed by atoms with E-state index in [1.165, 1.54) is 6.92 Å². The molecule has 0 saturated carbocycles. The normalized spacial score (nSPS) is 13.3. The second-order valence-electron chi connectivity index (χ2n) is 3.70. The maximum atomic E-state index is 12.6. The van der Waals surface area contributed by atoms with Gasteiger partial charge in [0.1, 0.15) is 11.3 Å². The van der Waals surface area contributed by atoms with Gasteiger partial charge in [-0.2, -0.15) is 26.3 Å². The molecule has 0 aliphatic carbocycles. The van der Waals surface area contributed by atoms with Crippen molar-refractivity contribution in [2.24, 2.45) is 0 Å². The van der Waals surface area contributed by atoms with Gasteiger partial charge in [0.05, 0.1) is 16.6 Å². The van der Waals surface area contributed by atoms with Gasteiger partial charge in [0.15, 0.2) is 0 Å². The number of halogens is 6. The van der Waals surface area contributed by atoms with Crippen molar-refractivity contribution in [3.63, 3.8) is 0 Å². The minimum atomic E-state index is -4.75. The van der Waals surface area contributed by atoms with E-state index in [4.69, 9.17) is 0 Å². The van der Waals surface area contributed by atoms with Crippen LogP contribution in [0.25, 0.3) is 11.0 Å². The second kappa shape index (κ2) is 3.63. The summed E-state index contributed by atoms with van der Waals surface area (Å²) in [4.78, 5) is 5.69. The second-order valence-corrected chi connectivity index (χ2v) is 3.70. The maximum absolute atomic E-state index is 12.6. The number of nitrogens with one attached hydrogen (secondary N) is 1. The Morgan fingerprint density at radius 2 is 1.44 bits per heavy atom. The van der Waals surface area contributed by atoms with Crippen LogP contribution in [0.4, 0.5) is 26.3 Å². The Balaban J connectivity index is 2.83. The smallest absolute Gasteiger partial charge is 0.342 e. The van der Waals surface area contributed by atoms with Crippen LogP contribution >= 0.6 is 0 Å². The van der Waals surface area contributed by atoms with E-state index < -0.39 is 34.5 Å². The first-order chi connectivity index (χ1) is 8.10. The third-order valence-electron chi connectivity index (χ3n) is 2.37. The Bertz CT molecular complexity index is 542. The van der Waals surface area contributed by atoms with Crippen LogP contribution in [-0.4, -0.2) is 9.97 Å². The predicted molar refractivity (Wildman–Crippen MR) is 50.8 cm³/mol. The fraction of sp³-hybridized carbons (Fsp3) is 0.300. The van der Waals surface area contributed by atoms with Crippen molar-refractivity contribution in [2.75, 3.05) is 0 Å². The predicted octanol–water partition coefficient (Wildman–Crippen LogP) is 3.91. The summed E-state index contributed by atoms with van der Waals surface area (Å²) in [6.45, 7) is 1.29. The minimum Gasteiger partial charge on any atom is -0.342 e. The van der Waals surface area contributed by atoms with Crippen molar-refractivity contribution in [2.45, 2.75) is 19.3 Å². The third-order valence-corrected chi connectivity index (χ3v) is 2.37. The Hall–Kier alpha value is -1.73. The standard InChI is InChI=1S/C10H6F6N2/c1-4-17-7-5(9(11,12)13)2-3-6(8(7)18-4)10(14,15)16/h2-3H,1H3,(H,17,18). The Labute approximate surface area is 96.6 Å². The van der Waals surface area contributed by atoms with Crippen molar-refractivity contribution < 1.29 is 26.3 Å². The van der Waals surface area contributed by atoms with Gasteiger partial charge in [0.2, 0.25) is 0 Å². The molecule has 2 rings (SSSR count). The van der Waals surface area contributed by atoms with E-state index in [9.17, 15) is 26.3 Å². The quantitative estimate of drug-likeness (QED) is 0.721. The molecular weight excluding hydrogens is 262 g/mol. The summed E-state index contributed by atoms with van der Waals surface area (Å²) in [5, 5.41) is 0. The first kappa shape index (κ1) is 12.7. The van der Waals surface area contributed by atoms with Crippen LogP contribution in [0.3, 0.4) is 0 Å². The van der Waals surface area contributed by atoms with Crippen LogP contribution in [0.5, 0.6) is 0 Å². The average Bonchev–Trinajstić information content (AvgIpc) is 2.53. The molecule has 0 fully saturated rings. The Morgan fingerprint density at radius 3 is 1.94 bits per heavy atom. The van der Waals surface area contributed by atoms with Crippen molar-refractivity contribution in [3.8, 4) is 0 Å². The molecule has 0 saturated heterocycles. The number of imidazole rings is 1. The van der Waals surface area contributed by atoms with Crippen molar-refractivity contribution in [1.29, 1.82) is 0 Å². The molecule has 2 nitrogen and oxygen atoms in total. The maximum Gasteiger partial charge on any atom is 0.418 e. The summed E-state index contributed by atoms with van der Waals surface area (Å²) in [7, 11) is 0. The number of hydrogen-bond acceptors (Lipinski definition) is 1. The zero-order valence-electron chi connectivity index (χ0n) is 8.87. The van der Waals surface area contributed by atoms with Gasteiger partial charge >= 0.3 is 12.4 Å². The molecule has 0 aliphatic heterocycles. The average molecular weight is 268 g/mol. The van der Waals surface area contributed by atoms with Gasteiger partial charge in [-0.15, -0.1) is 0 Å². The minimum absolute atomic E-state index is 0.00722. The van der Waals surface area contributed by atoms with Crippen LogP contribution in [0, 0.1) is 6.92 Å². The molecule has 1 aromatic carbocycles. The molecule has 18 heavy (non-hydrogen) atoms. The van der Waals surface area contributed by atoms with Crippen molar-refractivity contribution >= 4 is 11.0 Å². The van der Waals surface area contributed by atoms with Gasteiger partial charge in [-0.3, -0.25) is 0 Å². The molecule has 0 unspecified atom stereocenters. The summed E-state index contributed by atoms with van der Waals surface area (Å²) in [6, 6.07) is 0.800. The number of fused-ring (bicyclic) bond motifs is 1. The van der Waals surface area contributed by atoms with Crippen LogP contribution < -0.4 is 0 Å². The van der Waals surface area contributed by atoms with E-state index >= 15 is 0 Å². The number of nitrogens with zero attached hydrogens (tertiary/aromatic N) is 1. The molecule has 2 aromatic rings. The summed E-state index contributed by atoms with van der Waals surface area (Å²) >= 11 is 0. The molecule has 1 aromatic heterocycles. The lowest BCUT2D eigenvalue weighted by Crippen LogP contribution is -2.10. The molecule has 0 bridgehead atoms. The van der Waals surface area contributed by atoms with E-state index in [-0.39, 0.29) is 5.82 Å². The zero-order chi connectivity index (χ0) is 13.7. The zero-order valence-corrected chi connectivity index (χ0v) is 8.87. The largest absolute Gasteiger partial charge is 0.418 e. The SMILES string of the molecule is Cc1nc2c(C(F)(F)F)ccc(C(F)(F)F)c2[nH]1. The topological polar surface area (TPSA) is 28.7 Å². The number of benzene rings is 1. The van der Waals surface area contributed by atoms with Crippen LogP contribution in [0.1, 0.15) is 17.0 Å². The number of aromatic nitrogens is 2. The molecule has 0 aliphatic rings. The summed E-state index contributed by atoms with van der Waals surface area (Å²) in [5.74, 6) is -0.00722. The van der Waals surface area contributed by atoms with Crippen LogP contribution in [-0.2, 0) is 12.4 Å². The number of rotatable bonds is 0. The van der Waals surface area contributed by atoms with Crippen molar-refractivity contribution in [3.05, 3.63) is 29.1 Å². The van der Waals surface area contributed by atoms with Gasteiger partial charge in [-0.1, -0.05) is 0 Å². The summed E-state index contributed by atoms with van der Waals surface area (Å²) in [5.41, 5.74) is -3.70. The number of H-pyrrole nitrogens is 1. The van der Waals surface area contributed by atoms with Gasteiger partial charge in [0, 0.05) is 0 Å². The lowest BCUT2D eigenvalue weighted by molar-refractivity contribution is -0.139. The molecule has 0 radical (unpaired) electrons. The third kappa shape index (κ3) is 2.02. The van der Waals surface area contributed by atoms with Crippen LogP contribution in [0.2, 0.25) is 0 Å². The molecule has 8 heteroatoms. The fourth-order valence-corrected chi connectivity index (χ4v) is 1.68. The van der Waals surface area contributed by atoms with E-state index in [2.05, 4.69) is 9.97 Å². The number of aryl methyl sites for hydroxylation is 1. The lowest BCUT2D eigenvalue weighted by Gasteiger charge is -2.11. The fourth-order valence-electron chi connectivity index (χ4n) is 1.68. The molecule has 0 spiro atoms. The Morgan fingerprint density at radius 1 is 0.944 bits per heavy atom. The number of aromatic amines is 1. The van der Waals surface area contributed by atoms with E-state index in [1.54, 1.807) is 0 Å². The van der Waals surface area contributed by atoms with Gasteiger partial charge < -0.3 is 4.98 Å². The Kier molecular flexibility index (Phi) is 2.56. The van der Waals surface area contributed by atoms with E-state index in [1.807, 2.05) is 0 Å². The highest BCUT2D eigenvalue weighted by atomic mass is 19.4. The lowest BCUT2D eigenvalue weighted by atomic mass is 10.1. The number of hydrogen-bond donors (Lipinski definition) is 1. The number of alkyl halides is 6.